The molecule has 2 rings (SSSR count). The number of rotatable bonds is 5. The lowest BCUT2D eigenvalue weighted by Gasteiger charge is -2.11. The van der Waals surface area contributed by atoms with Crippen LogP contribution in [0.4, 0.5) is 5.69 Å². The lowest BCUT2D eigenvalue weighted by atomic mass is 10.3. The van der Waals surface area contributed by atoms with Gasteiger partial charge in [-0.3, -0.25) is 0 Å². The summed E-state index contributed by atoms with van der Waals surface area (Å²) >= 11 is 0. The molecule has 0 aromatic heterocycles. The van der Waals surface area contributed by atoms with Crippen molar-refractivity contribution in [2.24, 2.45) is 0 Å². The first-order valence-corrected chi connectivity index (χ1v) is 8.03. The summed E-state index contributed by atoms with van der Waals surface area (Å²) in [5.74, 6) is 0.999. The third-order valence-electron chi connectivity index (χ3n) is 2.76. The zero-order valence-corrected chi connectivity index (χ0v) is 12.1. The Bertz CT molecular complexity index is 679. The zero-order valence-electron chi connectivity index (χ0n) is 11.2. The van der Waals surface area contributed by atoms with E-state index in [1.54, 1.807) is 48.5 Å². The maximum Gasteiger partial charge on any atom is 0.182 e. The lowest BCUT2D eigenvalue weighted by molar-refractivity contribution is 0.467. The van der Waals surface area contributed by atoms with Gasteiger partial charge in [-0.2, -0.15) is 0 Å². The molecule has 0 saturated heterocycles. The molecule has 4 nitrogen and oxygen atoms in total. The Morgan fingerprint density at radius 3 is 2.35 bits per heavy atom. The van der Waals surface area contributed by atoms with Gasteiger partial charge in [-0.05, 0) is 42.8 Å². The first-order chi connectivity index (χ1) is 9.53. The van der Waals surface area contributed by atoms with Crippen LogP contribution >= 0.6 is 0 Å². The molecule has 0 aliphatic rings. The molecule has 2 aromatic rings. The highest BCUT2D eigenvalue weighted by Gasteiger charge is 2.18. The predicted molar refractivity (Wildman–Crippen MR) is 79.7 cm³/mol. The molecule has 0 bridgehead atoms. The summed E-state index contributed by atoms with van der Waals surface area (Å²) in [6, 6.07) is 13.5. The van der Waals surface area contributed by atoms with Gasteiger partial charge < -0.3 is 10.5 Å². The van der Waals surface area contributed by atoms with Crippen LogP contribution < -0.4 is 10.5 Å². The summed E-state index contributed by atoms with van der Waals surface area (Å²) in [4.78, 5) is 0.221. The van der Waals surface area contributed by atoms with Crippen molar-refractivity contribution in [2.45, 2.75) is 18.2 Å². The SMILES string of the molecule is CCCS(=O)(=O)c1ccccc1Oc1ccc(N)cc1. The number of hydrogen-bond donors (Lipinski definition) is 1. The average molecular weight is 291 g/mol. The number of nitrogens with two attached hydrogens (primary N) is 1. The van der Waals surface area contributed by atoms with E-state index in [-0.39, 0.29) is 10.6 Å². The fourth-order valence-electron chi connectivity index (χ4n) is 1.83. The van der Waals surface area contributed by atoms with Crippen LogP contribution in [0.15, 0.2) is 53.4 Å². The number of para-hydroxylation sites is 1. The van der Waals surface area contributed by atoms with Crippen LogP contribution in [0.3, 0.4) is 0 Å². The van der Waals surface area contributed by atoms with E-state index < -0.39 is 9.84 Å². The van der Waals surface area contributed by atoms with E-state index in [0.717, 1.165) is 0 Å². The average Bonchev–Trinajstić information content (AvgIpc) is 2.42. The highest BCUT2D eigenvalue weighted by atomic mass is 32.2. The van der Waals surface area contributed by atoms with Gasteiger partial charge in [0.1, 0.15) is 16.4 Å². The molecule has 5 heteroatoms. The van der Waals surface area contributed by atoms with Crippen molar-refractivity contribution in [3.8, 4) is 11.5 Å². The van der Waals surface area contributed by atoms with Crippen molar-refractivity contribution in [3.63, 3.8) is 0 Å². The Morgan fingerprint density at radius 1 is 1.05 bits per heavy atom. The fraction of sp³-hybridized carbons (Fsp3) is 0.200. The molecule has 0 fully saturated rings. The standard InChI is InChI=1S/C15H17NO3S/c1-2-11-20(17,18)15-6-4-3-5-14(15)19-13-9-7-12(16)8-10-13/h3-10H,2,11,16H2,1H3. The molecule has 0 radical (unpaired) electrons. The van der Waals surface area contributed by atoms with Crippen molar-refractivity contribution in [3.05, 3.63) is 48.5 Å². The van der Waals surface area contributed by atoms with Crippen LogP contribution in [0.5, 0.6) is 11.5 Å². The summed E-state index contributed by atoms with van der Waals surface area (Å²) in [6.45, 7) is 1.83. The molecule has 2 aromatic carbocycles. The number of ether oxygens (including phenoxy) is 1. The topological polar surface area (TPSA) is 69.4 Å². The number of nitrogen functional groups attached to an aromatic ring is 1. The Labute approximate surface area is 119 Å². The second-order valence-corrected chi connectivity index (χ2v) is 6.51. The Hall–Kier alpha value is -2.01. The molecule has 0 unspecified atom stereocenters. The highest BCUT2D eigenvalue weighted by molar-refractivity contribution is 7.91. The molecule has 0 heterocycles. The fourth-order valence-corrected chi connectivity index (χ4v) is 3.29. The summed E-state index contributed by atoms with van der Waals surface area (Å²) < 4.78 is 30.1. The molecule has 2 N–H and O–H groups in total. The Kier molecular flexibility index (Phi) is 4.29. The van der Waals surface area contributed by atoms with E-state index >= 15 is 0 Å². The van der Waals surface area contributed by atoms with Crippen molar-refractivity contribution in [1.82, 2.24) is 0 Å². The molecule has 0 aliphatic heterocycles. The molecule has 0 saturated carbocycles. The van der Waals surface area contributed by atoms with Crippen molar-refractivity contribution >= 4 is 15.5 Å². The van der Waals surface area contributed by atoms with Crippen molar-refractivity contribution < 1.29 is 13.2 Å². The van der Waals surface area contributed by atoms with Crippen LogP contribution in [0.25, 0.3) is 0 Å². The van der Waals surface area contributed by atoms with Gasteiger partial charge in [0, 0.05) is 5.69 Å². The Balaban J connectivity index is 2.35. The predicted octanol–water partition coefficient (Wildman–Crippen LogP) is 3.24. The molecular weight excluding hydrogens is 274 g/mol. The van der Waals surface area contributed by atoms with E-state index in [9.17, 15) is 8.42 Å². The van der Waals surface area contributed by atoms with Crippen LogP contribution in [0.1, 0.15) is 13.3 Å². The summed E-state index contributed by atoms with van der Waals surface area (Å²) in [6.07, 6.45) is 0.568. The highest BCUT2D eigenvalue weighted by Crippen LogP contribution is 2.29. The third kappa shape index (κ3) is 3.30. The van der Waals surface area contributed by atoms with Gasteiger partial charge in [-0.1, -0.05) is 19.1 Å². The second-order valence-electron chi connectivity index (χ2n) is 4.44. The Morgan fingerprint density at radius 2 is 1.70 bits per heavy atom. The summed E-state index contributed by atoms with van der Waals surface area (Å²) in [5.41, 5.74) is 6.24. The summed E-state index contributed by atoms with van der Waals surface area (Å²) in [7, 11) is -3.32. The number of hydrogen-bond acceptors (Lipinski definition) is 4. The quantitative estimate of drug-likeness (QED) is 0.859. The van der Waals surface area contributed by atoms with Gasteiger partial charge in [-0.25, -0.2) is 8.42 Å². The minimum absolute atomic E-state index is 0.106. The maximum atomic E-state index is 12.2. The van der Waals surface area contributed by atoms with E-state index in [1.807, 2.05) is 6.92 Å². The van der Waals surface area contributed by atoms with E-state index in [1.165, 1.54) is 0 Å². The van der Waals surface area contributed by atoms with Crippen LogP contribution in [-0.2, 0) is 9.84 Å². The van der Waals surface area contributed by atoms with E-state index in [2.05, 4.69) is 0 Å². The monoisotopic (exact) mass is 291 g/mol. The number of anilines is 1. The van der Waals surface area contributed by atoms with Gasteiger partial charge in [0.15, 0.2) is 9.84 Å². The molecule has 0 spiro atoms. The molecule has 0 atom stereocenters. The van der Waals surface area contributed by atoms with Gasteiger partial charge in [0.05, 0.1) is 5.75 Å². The zero-order chi connectivity index (χ0) is 14.6. The van der Waals surface area contributed by atoms with Crippen molar-refractivity contribution in [2.75, 3.05) is 11.5 Å². The molecular formula is C15H17NO3S. The van der Waals surface area contributed by atoms with Crippen molar-refractivity contribution in [1.29, 1.82) is 0 Å². The van der Waals surface area contributed by atoms with Crippen LogP contribution in [0, 0.1) is 0 Å². The molecule has 0 amide bonds. The van der Waals surface area contributed by atoms with Crippen LogP contribution in [0.2, 0.25) is 0 Å². The number of benzene rings is 2. The first kappa shape index (κ1) is 14.4. The molecule has 106 valence electrons. The smallest absolute Gasteiger partial charge is 0.182 e. The third-order valence-corrected chi connectivity index (χ3v) is 4.72. The van der Waals surface area contributed by atoms with Gasteiger partial charge in [0.25, 0.3) is 0 Å². The van der Waals surface area contributed by atoms with Crippen LogP contribution in [-0.4, -0.2) is 14.2 Å². The van der Waals surface area contributed by atoms with E-state index in [4.69, 9.17) is 10.5 Å². The normalized spacial score (nSPS) is 11.2. The minimum atomic E-state index is -3.32. The van der Waals surface area contributed by atoms with Gasteiger partial charge >= 0.3 is 0 Å². The van der Waals surface area contributed by atoms with Gasteiger partial charge in [-0.15, -0.1) is 0 Å². The molecule has 20 heavy (non-hydrogen) atoms. The molecule has 0 aliphatic carbocycles. The second kappa shape index (κ2) is 5.96. The van der Waals surface area contributed by atoms with Gasteiger partial charge in [0.2, 0.25) is 0 Å². The minimum Gasteiger partial charge on any atom is -0.456 e. The maximum absolute atomic E-state index is 12.2. The lowest BCUT2D eigenvalue weighted by Crippen LogP contribution is -2.07. The van der Waals surface area contributed by atoms with E-state index in [0.29, 0.717) is 23.6 Å². The summed E-state index contributed by atoms with van der Waals surface area (Å²) in [5, 5.41) is 0. The number of sulfone groups is 1. The first-order valence-electron chi connectivity index (χ1n) is 6.38. The largest absolute Gasteiger partial charge is 0.456 e.